The van der Waals surface area contributed by atoms with Gasteiger partial charge in [0.15, 0.2) is 0 Å². The van der Waals surface area contributed by atoms with Crippen molar-refractivity contribution in [2.24, 2.45) is 0 Å². The molecule has 180 valence electrons. The van der Waals surface area contributed by atoms with Gasteiger partial charge in [0.2, 0.25) is 0 Å². The maximum atomic E-state index is 14.2. The largest absolute Gasteiger partial charge is 0.466 e. The maximum Gasteiger partial charge on any atom is 0.336 e. The highest BCUT2D eigenvalue weighted by Gasteiger charge is 2.39. The Morgan fingerprint density at radius 2 is 1.71 bits per heavy atom. The quantitative estimate of drug-likeness (QED) is 0.552. The average Bonchev–Trinajstić information content (AvgIpc) is 2.80. The lowest BCUT2D eigenvalue weighted by molar-refractivity contribution is -0.139. The maximum absolute atomic E-state index is 14.2. The molecule has 0 aromatic heterocycles. The van der Waals surface area contributed by atoms with E-state index >= 15 is 0 Å². The van der Waals surface area contributed by atoms with Crippen LogP contribution in [0.2, 0.25) is 5.02 Å². The van der Waals surface area contributed by atoms with Gasteiger partial charge in [-0.3, -0.25) is 4.90 Å². The molecule has 34 heavy (non-hydrogen) atoms. The molecule has 1 N–H and O–H groups in total. The molecule has 1 aliphatic heterocycles. The molecule has 0 bridgehead atoms. The number of hydrogen-bond donors (Lipinski definition) is 1. The van der Waals surface area contributed by atoms with Crippen molar-refractivity contribution in [2.45, 2.75) is 26.3 Å². The number of carbonyl (C=O) groups is 2. The molecule has 2 aromatic carbocycles. The van der Waals surface area contributed by atoms with E-state index in [4.69, 9.17) is 21.1 Å². The summed E-state index contributed by atoms with van der Waals surface area (Å²) in [6.07, 6.45) is 0. The predicted octanol–water partition coefficient (Wildman–Crippen LogP) is 4.56. The van der Waals surface area contributed by atoms with E-state index in [1.807, 2.05) is 42.3 Å². The molecular formula is C26H28ClFN2O4. The number of likely N-dealkylation sites (N-methyl/N-ethyl adjacent to an activating group) is 1. The van der Waals surface area contributed by atoms with E-state index in [1.165, 1.54) is 25.3 Å². The number of ether oxygens (including phenoxy) is 2. The number of nitrogens with zero attached hydrogens (tertiary/aromatic N) is 1. The fourth-order valence-corrected chi connectivity index (χ4v) is 4.26. The second-order valence-electron chi connectivity index (χ2n) is 8.15. The van der Waals surface area contributed by atoms with E-state index in [9.17, 15) is 14.0 Å². The van der Waals surface area contributed by atoms with E-state index in [-0.39, 0.29) is 28.3 Å². The minimum atomic E-state index is -0.938. The van der Waals surface area contributed by atoms with Crippen molar-refractivity contribution in [3.05, 3.63) is 93.0 Å². The first-order chi connectivity index (χ1) is 16.2. The van der Waals surface area contributed by atoms with Crippen LogP contribution in [-0.2, 0) is 25.6 Å². The Labute approximate surface area is 204 Å². The number of methoxy groups -OCH3 is 1. The average molecular weight is 487 g/mol. The highest BCUT2D eigenvalue weighted by atomic mass is 35.5. The lowest BCUT2D eigenvalue weighted by Gasteiger charge is -2.31. The lowest BCUT2D eigenvalue weighted by atomic mass is 9.80. The summed E-state index contributed by atoms with van der Waals surface area (Å²) in [5, 5.41) is 3.28. The second kappa shape index (κ2) is 11.3. The highest BCUT2D eigenvalue weighted by molar-refractivity contribution is 6.31. The van der Waals surface area contributed by atoms with Crippen molar-refractivity contribution in [3.8, 4) is 0 Å². The van der Waals surface area contributed by atoms with Crippen molar-refractivity contribution in [2.75, 3.05) is 27.3 Å². The Hall–Kier alpha value is -3.16. The molecule has 0 radical (unpaired) electrons. The third kappa shape index (κ3) is 5.85. The van der Waals surface area contributed by atoms with Crippen molar-refractivity contribution < 1.29 is 23.5 Å². The SMILES string of the molecule is COC(=O)C1=C(C)NC(C)=C(C(=O)OCCN(C)Cc2ccccc2)C1c1cc(F)ccc1Cl. The van der Waals surface area contributed by atoms with Crippen LogP contribution in [0.15, 0.2) is 71.1 Å². The number of nitrogens with one attached hydrogen (secondary N) is 1. The van der Waals surface area contributed by atoms with E-state index < -0.39 is 23.7 Å². The summed E-state index contributed by atoms with van der Waals surface area (Å²) in [7, 11) is 3.18. The summed E-state index contributed by atoms with van der Waals surface area (Å²) < 4.78 is 24.7. The van der Waals surface area contributed by atoms with Crippen LogP contribution in [0.1, 0.15) is 30.9 Å². The first-order valence-electron chi connectivity index (χ1n) is 10.8. The monoisotopic (exact) mass is 486 g/mol. The van der Waals surface area contributed by atoms with E-state index in [2.05, 4.69) is 5.32 Å². The molecular weight excluding hydrogens is 459 g/mol. The second-order valence-corrected chi connectivity index (χ2v) is 8.56. The Bertz CT molecular complexity index is 1130. The summed E-state index contributed by atoms with van der Waals surface area (Å²) in [5.74, 6) is -2.73. The molecule has 0 aliphatic carbocycles. The van der Waals surface area contributed by atoms with Crippen LogP contribution in [0.5, 0.6) is 0 Å². The third-order valence-electron chi connectivity index (χ3n) is 5.66. The van der Waals surface area contributed by atoms with Crippen LogP contribution in [0, 0.1) is 5.82 Å². The predicted molar refractivity (Wildman–Crippen MR) is 128 cm³/mol. The molecule has 0 amide bonds. The molecule has 1 unspecified atom stereocenters. The fourth-order valence-electron chi connectivity index (χ4n) is 4.04. The normalized spacial score (nSPS) is 15.9. The molecule has 1 heterocycles. The van der Waals surface area contributed by atoms with Gasteiger partial charge in [0.05, 0.1) is 24.2 Å². The molecule has 6 nitrogen and oxygen atoms in total. The topological polar surface area (TPSA) is 67.9 Å². The number of halogens is 2. The summed E-state index contributed by atoms with van der Waals surface area (Å²) in [4.78, 5) is 27.9. The minimum Gasteiger partial charge on any atom is -0.466 e. The third-order valence-corrected chi connectivity index (χ3v) is 6.00. The smallest absolute Gasteiger partial charge is 0.336 e. The van der Waals surface area contributed by atoms with Crippen molar-refractivity contribution in [1.82, 2.24) is 10.2 Å². The summed E-state index contributed by atoms with van der Waals surface area (Å²) in [5.41, 5.74) is 2.79. The van der Waals surface area contributed by atoms with Crippen LogP contribution in [0.3, 0.4) is 0 Å². The number of allylic oxidation sites excluding steroid dienone is 2. The first kappa shape index (κ1) is 25.5. The number of rotatable bonds is 8. The Morgan fingerprint density at radius 1 is 1.06 bits per heavy atom. The van der Waals surface area contributed by atoms with Crippen LogP contribution >= 0.6 is 11.6 Å². The van der Waals surface area contributed by atoms with Gasteiger partial charge >= 0.3 is 11.9 Å². The zero-order valence-corrected chi connectivity index (χ0v) is 20.4. The van der Waals surface area contributed by atoms with Gasteiger partial charge in [-0.2, -0.15) is 0 Å². The molecule has 0 fully saturated rings. The molecule has 3 rings (SSSR count). The van der Waals surface area contributed by atoms with Crippen LogP contribution in [0.25, 0.3) is 0 Å². The van der Waals surface area contributed by atoms with E-state index in [1.54, 1.807) is 13.8 Å². The first-order valence-corrected chi connectivity index (χ1v) is 11.2. The van der Waals surface area contributed by atoms with Gasteiger partial charge in [0.25, 0.3) is 0 Å². The van der Waals surface area contributed by atoms with Gasteiger partial charge in [-0.15, -0.1) is 0 Å². The number of carbonyl (C=O) groups excluding carboxylic acids is 2. The molecule has 2 aromatic rings. The molecule has 0 saturated carbocycles. The van der Waals surface area contributed by atoms with Crippen LogP contribution < -0.4 is 5.32 Å². The summed E-state index contributed by atoms with van der Waals surface area (Å²) in [6.45, 7) is 4.74. The molecule has 0 spiro atoms. The molecule has 1 aliphatic rings. The number of esters is 2. The van der Waals surface area contributed by atoms with Gasteiger partial charge in [-0.1, -0.05) is 41.9 Å². The zero-order valence-electron chi connectivity index (χ0n) is 19.7. The van der Waals surface area contributed by atoms with Gasteiger partial charge in [0, 0.05) is 29.5 Å². The number of hydrogen-bond acceptors (Lipinski definition) is 6. The molecule has 0 saturated heterocycles. The lowest BCUT2D eigenvalue weighted by Crippen LogP contribution is -2.33. The molecule has 8 heteroatoms. The summed E-state index contributed by atoms with van der Waals surface area (Å²) >= 11 is 6.39. The minimum absolute atomic E-state index is 0.138. The van der Waals surface area contributed by atoms with E-state index in [0.29, 0.717) is 24.5 Å². The molecule has 1 atom stereocenters. The van der Waals surface area contributed by atoms with Crippen molar-refractivity contribution in [1.29, 1.82) is 0 Å². The zero-order chi connectivity index (χ0) is 24.8. The Morgan fingerprint density at radius 3 is 2.35 bits per heavy atom. The Kier molecular flexibility index (Phi) is 8.47. The Balaban J connectivity index is 1.83. The standard InChI is InChI=1S/C26H28ClFN2O4/c1-16-22(25(31)33-4)24(20-14-19(28)10-11-21(20)27)23(17(2)29-16)26(32)34-13-12-30(3)15-18-8-6-5-7-9-18/h5-11,14,24,29H,12-13,15H2,1-4H3. The van der Waals surface area contributed by atoms with Gasteiger partial charge < -0.3 is 14.8 Å². The number of dihydropyridines is 1. The van der Waals surface area contributed by atoms with Gasteiger partial charge in [-0.25, -0.2) is 14.0 Å². The van der Waals surface area contributed by atoms with Crippen molar-refractivity contribution >= 4 is 23.5 Å². The fraction of sp³-hybridized carbons (Fsp3) is 0.308. The van der Waals surface area contributed by atoms with Gasteiger partial charge in [-0.05, 0) is 50.2 Å². The van der Waals surface area contributed by atoms with E-state index in [0.717, 1.165) is 5.56 Å². The highest BCUT2D eigenvalue weighted by Crippen LogP contribution is 2.42. The number of benzene rings is 2. The van der Waals surface area contributed by atoms with Crippen molar-refractivity contribution in [3.63, 3.8) is 0 Å². The van der Waals surface area contributed by atoms with Crippen LogP contribution in [-0.4, -0.2) is 44.1 Å². The van der Waals surface area contributed by atoms with Gasteiger partial charge in [0.1, 0.15) is 12.4 Å². The van der Waals surface area contributed by atoms with Crippen LogP contribution in [0.4, 0.5) is 4.39 Å². The summed E-state index contributed by atoms with van der Waals surface area (Å²) in [6, 6.07) is 13.8.